The molecule has 1 N–H and O–H groups in total. The van der Waals surface area contributed by atoms with Crippen LogP contribution in [0.2, 0.25) is 0 Å². The predicted octanol–water partition coefficient (Wildman–Crippen LogP) is 0.310. The van der Waals surface area contributed by atoms with Crippen molar-refractivity contribution in [1.82, 2.24) is 25.0 Å². The zero-order valence-electron chi connectivity index (χ0n) is 9.05. The summed E-state index contributed by atoms with van der Waals surface area (Å²) in [6, 6.07) is 0. The molecule has 0 radical (unpaired) electrons. The molecule has 0 amide bonds. The van der Waals surface area contributed by atoms with Gasteiger partial charge >= 0.3 is 0 Å². The molecule has 16 heavy (non-hydrogen) atoms. The van der Waals surface area contributed by atoms with Crippen molar-refractivity contribution in [1.29, 1.82) is 0 Å². The molecule has 84 valence electrons. The fourth-order valence-electron chi connectivity index (χ4n) is 1.86. The average molecular weight is 219 g/mol. The highest BCUT2D eigenvalue weighted by atomic mass is 16.5. The van der Waals surface area contributed by atoms with Gasteiger partial charge in [0.2, 0.25) is 5.89 Å². The van der Waals surface area contributed by atoms with Crippen molar-refractivity contribution in [3.05, 3.63) is 29.9 Å². The monoisotopic (exact) mass is 219 g/mol. The van der Waals surface area contributed by atoms with Crippen LogP contribution in [-0.4, -0.2) is 32.8 Å². The maximum Gasteiger partial charge on any atom is 0.223 e. The topological polar surface area (TPSA) is 68.8 Å². The van der Waals surface area contributed by atoms with E-state index < -0.39 is 0 Å². The van der Waals surface area contributed by atoms with Crippen LogP contribution in [0.3, 0.4) is 0 Å². The average Bonchev–Trinajstić information content (AvgIpc) is 2.75. The van der Waals surface area contributed by atoms with Crippen molar-refractivity contribution >= 4 is 0 Å². The highest BCUT2D eigenvalue weighted by Crippen LogP contribution is 2.19. The third kappa shape index (κ3) is 1.61. The number of aryl methyl sites for hydroxylation is 1. The van der Waals surface area contributed by atoms with Gasteiger partial charge in [-0.25, -0.2) is 4.98 Å². The molecule has 1 aliphatic rings. The summed E-state index contributed by atoms with van der Waals surface area (Å²) in [7, 11) is 0. The van der Waals surface area contributed by atoms with Crippen LogP contribution in [0.4, 0.5) is 0 Å². The smallest absolute Gasteiger partial charge is 0.223 e. The molecule has 1 aliphatic heterocycles. The third-order valence-corrected chi connectivity index (χ3v) is 2.83. The quantitative estimate of drug-likeness (QED) is 0.804. The lowest BCUT2D eigenvalue weighted by Crippen LogP contribution is -2.40. The van der Waals surface area contributed by atoms with Crippen LogP contribution in [0.25, 0.3) is 0 Å². The van der Waals surface area contributed by atoms with Gasteiger partial charge < -0.3 is 14.4 Å². The highest BCUT2D eigenvalue weighted by molar-refractivity contribution is 5.12. The zero-order valence-corrected chi connectivity index (χ0v) is 9.05. The van der Waals surface area contributed by atoms with E-state index in [4.69, 9.17) is 4.52 Å². The summed E-state index contributed by atoms with van der Waals surface area (Å²) in [6.45, 7) is 4.47. The number of nitrogens with zero attached hydrogens (tertiary/aromatic N) is 4. The Hall–Kier alpha value is -1.69. The molecule has 3 heterocycles. The summed E-state index contributed by atoms with van der Waals surface area (Å²) in [5.74, 6) is 1.86. The molecule has 0 aromatic carbocycles. The Morgan fingerprint density at radius 2 is 2.44 bits per heavy atom. The van der Waals surface area contributed by atoms with E-state index in [2.05, 4.69) is 25.0 Å². The van der Waals surface area contributed by atoms with Gasteiger partial charge in [-0.15, -0.1) is 0 Å². The maximum atomic E-state index is 4.95. The molecule has 0 spiro atoms. The Labute approximate surface area is 92.7 Å². The Morgan fingerprint density at radius 3 is 3.06 bits per heavy atom. The molecule has 0 saturated carbocycles. The molecule has 3 rings (SSSR count). The second-order valence-electron chi connectivity index (χ2n) is 4.03. The van der Waals surface area contributed by atoms with Gasteiger partial charge in [0.25, 0.3) is 0 Å². The first kappa shape index (κ1) is 9.53. The second kappa shape index (κ2) is 3.71. The van der Waals surface area contributed by atoms with Crippen molar-refractivity contribution in [2.75, 3.05) is 13.1 Å². The van der Waals surface area contributed by atoms with E-state index in [1.54, 1.807) is 6.92 Å². The highest BCUT2D eigenvalue weighted by Gasteiger charge is 2.22. The molecule has 6 nitrogen and oxygen atoms in total. The minimum absolute atomic E-state index is 0.565. The van der Waals surface area contributed by atoms with Crippen LogP contribution in [-0.2, 0) is 6.54 Å². The van der Waals surface area contributed by atoms with Crippen molar-refractivity contribution in [3.63, 3.8) is 0 Å². The van der Waals surface area contributed by atoms with E-state index in [0.717, 1.165) is 13.1 Å². The van der Waals surface area contributed by atoms with Gasteiger partial charge in [-0.3, -0.25) is 0 Å². The van der Waals surface area contributed by atoms with E-state index in [1.165, 1.54) is 5.69 Å². The van der Waals surface area contributed by atoms with Crippen molar-refractivity contribution < 1.29 is 4.52 Å². The van der Waals surface area contributed by atoms with E-state index in [1.807, 2.05) is 12.5 Å². The summed E-state index contributed by atoms with van der Waals surface area (Å²) in [5.41, 5.74) is 1.24. The minimum atomic E-state index is 0.565. The Kier molecular flexibility index (Phi) is 2.21. The molecule has 0 aliphatic carbocycles. The van der Waals surface area contributed by atoms with E-state index in [-0.39, 0.29) is 0 Å². The van der Waals surface area contributed by atoms with Crippen LogP contribution in [0.15, 0.2) is 17.0 Å². The normalized spacial score (nSPS) is 16.3. The number of nitrogens with one attached hydrogen (secondary N) is 1. The molecular formula is C10H13N5O. The van der Waals surface area contributed by atoms with Gasteiger partial charge in [0.05, 0.1) is 12.9 Å². The molecule has 0 unspecified atom stereocenters. The Morgan fingerprint density at radius 1 is 1.56 bits per heavy atom. The van der Waals surface area contributed by atoms with Crippen molar-refractivity contribution in [2.24, 2.45) is 0 Å². The van der Waals surface area contributed by atoms with Gasteiger partial charge in [0, 0.05) is 37.8 Å². The zero-order chi connectivity index (χ0) is 11.0. The Balaban J connectivity index is 1.81. The van der Waals surface area contributed by atoms with E-state index in [9.17, 15) is 0 Å². The van der Waals surface area contributed by atoms with Gasteiger partial charge in [-0.2, -0.15) is 4.98 Å². The summed E-state index contributed by atoms with van der Waals surface area (Å²) < 4.78 is 7.03. The molecular weight excluding hydrogens is 206 g/mol. The van der Waals surface area contributed by atoms with Crippen molar-refractivity contribution in [2.45, 2.75) is 19.4 Å². The molecule has 0 atom stereocenters. The standard InChI is InChI=1S/C10H13N5O/c1-7-13-10(14-16-7)5-15-6-12-4-9(15)8-2-11-3-8/h4,6,8,11H,2-3,5H2,1H3. The Bertz CT molecular complexity index is 485. The lowest BCUT2D eigenvalue weighted by molar-refractivity contribution is 0.384. The fourth-order valence-corrected chi connectivity index (χ4v) is 1.86. The molecule has 6 heteroatoms. The number of hydrogen-bond acceptors (Lipinski definition) is 5. The summed E-state index contributed by atoms with van der Waals surface area (Å²) in [4.78, 5) is 8.36. The summed E-state index contributed by atoms with van der Waals surface area (Å²) >= 11 is 0. The van der Waals surface area contributed by atoms with Crippen LogP contribution >= 0.6 is 0 Å². The lowest BCUT2D eigenvalue weighted by Gasteiger charge is -2.27. The number of aromatic nitrogens is 4. The molecule has 1 saturated heterocycles. The molecule has 2 aromatic heterocycles. The van der Waals surface area contributed by atoms with Crippen LogP contribution in [0, 0.1) is 6.92 Å². The number of rotatable bonds is 3. The SMILES string of the molecule is Cc1nc(Cn2cncc2C2CNC2)no1. The van der Waals surface area contributed by atoms with Crippen molar-refractivity contribution in [3.8, 4) is 0 Å². The largest absolute Gasteiger partial charge is 0.340 e. The van der Waals surface area contributed by atoms with E-state index >= 15 is 0 Å². The molecule has 2 aromatic rings. The van der Waals surface area contributed by atoms with Gasteiger partial charge in [-0.05, 0) is 0 Å². The van der Waals surface area contributed by atoms with Gasteiger partial charge in [0.15, 0.2) is 5.82 Å². The fraction of sp³-hybridized carbons (Fsp3) is 0.500. The summed E-state index contributed by atoms with van der Waals surface area (Å²) in [6.07, 6.45) is 3.73. The van der Waals surface area contributed by atoms with Crippen LogP contribution < -0.4 is 5.32 Å². The first-order valence-electron chi connectivity index (χ1n) is 5.33. The van der Waals surface area contributed by atoms with Crippen LogP contribution in [0.5, 0.6) is 0 Å². The molecule has 0 bridgehead atoms. The maximum absolute atomic E-state index is 4.95. The van der Waals surface area contributed by atoms with Crippen LogP contribution in [0.1, 0.15) is 23.3 Å². The van der Waals surface area contributed by atoms with Gasteiger partial charge in [-0.1, -0.05) is 5.16 Å². The van der Waals surface area contributed by atoms with E-state index in [0.29, 0.717) is 24.2 Å². The first-order chi connectivity index (χ1) is 7.83. The number of imidazole rings is 1. The second-order valence-corrected chi connectivity index (χ2v) is 4.03. The van der Waals surface area contributed by atoms with Gasteiger partial charge in [0.1, 0.15) is 0 Å². The summed E-state index contributed by atoms with van der Waals surface area (Å²) in [5, 5.41) is 7.14. The minimum Gasteiger partial charge on any atom is -0.340 e. The first-order valence-corrected chi connectivity index (χ1v) is 5.33. The third-order valence-electron chi connectivity index (χ3n) is 2.83. The molecule has 1 fully saturated rings. The lowest BCUT2D eigenvalue weighted by atomic mass is 10.00. The predicted molar refractivity (Wildman–Crippen MR) is 56.0 cm³/mol. The number of hydrogen-bond donors (Lipinski definition) is 1.